The zero-order chi connectivity index (χ0) is 17.4. The van der Waals surface area contributed by atoms with Gasteiger partial charge in [-0.2, -0.15) is 0 Å². The molecule has 0 saturated heterocycles. The highest BCUT2D eigenvalue weighted by molar-refractivity contribution is 7.92. The topological polar surface area (TPSA) is 50.3 Å². The van der Waals surface area contributed by atoms with Crippen LogP contribution in [0.15, 0.2) is 24.5 Å². The molecule has 0 bridgehead atoms. The zero-order valence-electron chi connectivity index (χ0n) is 15.2. The lowest BCUT2D eigenvalue weighted by Crippen LogP contribution is -2.37. The van der Waals surface area contributed by atoms with Crippen molar-refractivity contribution in [3.63, 3.8) is 0 Å². The molecule has 136 valence electrons. The third-order valence-corrected chi connectivity index (χ3v) is 6.65. The zero-order valence-corrected chi connectivity index (χ0v) is 16.0. The molecule has 0 unspecified atom stereocenters. The van der Waals surface area contributed by atoms with Gasteiger partial charge in [0, 0.05) is 12.7 Å². The predicted octanol–water partition coefficient (Wildman–Crippen LogP) is 4.62. The van der Waals surface area contributed by atoms with Gasteiger partial charge in [0.25, 0.3) is 0 Å². The molecule has 4 nitrogen and oxygen atoms in total. The summed E-state index contributed by atoms with van der Waals surface area (Å²) in [4.78, 5) is 4.13. The van der Waals surface area contributed by atoms with Gasteiger partial charge in [-0.15, -0.1) is 0 Å². The van der Waals surface area contributed by atoms with Gasteiger partial charge in [-0.25, -0.2) is 8.42 Å². The van der Waals surface area contributed by atoms with Crippen LogP contribution in [0.5, 0.6) is 0 Å². The summed E-state index contributed by atoms with van der Waals surface area (Å²) in [6.07, 6.45) is 12.7. The number of nitrogens with zero attached hydrogens (tertiary/aromatic N) is 2. The number of rotatable bonds is 7. The van der Waals surface area contributed by atoms with Gasteiger partial charge in [0.2, 0.25) is 10.0 Å². The molecule has 0 amide bonds. The summed E-state index contributed by atoms with van der Waals surface area (Å²) in [6.45, 7) is 4.74. The van der Waals surface area contributed by atoms with E-state index in [1.54, 1.807) is 16.7 Å². The molecule has 2 rings (SSSR count). The monoisotopic (exact) mass is 352 g/mol. The van der Waals surface area contributed by atoms with Gasteiger partial charge in [-0.3, -0.25) is 9.29 Å². The highest BCUT2D eigenvalue weighted by Crippen LogP contribution is 2.27. The number of aromatic nitrogens is 1. The summed E-state index contributed by atoms with van der Waals surface area (Å²) in [5.74, 6) is 1.06. The lowest BCUT2D eigenvalue weighted by molar-refractivity contribution is 0.385. The molecule has 1 saturated carbocycles. The summed E-state index contributed by atoms with van der Waals surface area (Å²) in [5.41, 5.74) is 0.711. The van der Waals surface area contributed by atoms with Crippen LogP contribution in [-0.4, -0.2) is 25.7 Å². The molecule has 1 aliphatic carbocycles. The Balaban J connectivity index is 2.16. The molecule has 0 radical (unpaired) electrons. The Morgan fingerprint density at radius 1 is 1.17 bits per heavy atom. The second-order valence-electron chi connectivity index (χ2n) is 7.45. The Morgan fingerprint density at radius 2 is 1.83 bits per heavy atom. The summed E-state index contributed by atoms with van der Waals surface area (Å²) in [7, 11) is -3.30. The third kappa shape index (κ3) is 6.08. The lowest BCUT2D eigenvalue weighted by atomic mass is 9.91. The van der Waals surface area contributed by atoms with Gasteiger partial charge in [0.05, 0.1) is 17.6 Å². The second-order valence-corrected chi connectivity index (χ2v) is 9.46. The first-order valence-corrected chi connectivity index (χ1v) is 11.0. The number of anilines is 1. The van der Waals surface area contributed by atoms with Gasteiger partial charge < -0.3 is 0 Å². The first-order chi connectivity index (χ1) is 11.5. The van der Waals surface area contributed by atoms with E-state index in [1.165, 1.54) is 32.1 Å². The van der Waals surface area contributed by atoms with Crippen LogP contribution in [0.4, 0.5) is 5.69 Å². The minimum atomic E-state index is -3.30. The SMILES string of the molecule is CC(C)CCS(=O)(=O)N(CC1CCCCCCC1)c1cccnc1. The molecular formula is C19H32N2O2S. The predicted molar refractivity (Wildman–Crippen MR) is 101 cm³/mol. The van der Waals surface area contributed by atoms with Crippen molar-refractivity contribution in [3.05, 3.63) is 24.5 Å². The Hall–Kier alpha value is -1.10. The quantitative estimate of drug-likeness (QED) is 0.719. The fourth-order valence-corrected chi connectivity index (χ4v) is 5.19. The van der Waals surface area contributed by atoms with Crippen LogP contribution in [0.1, 0.15) is 65.2 Å². The van der Waals surface area contributed by atoms with Gasteiger partial charge in [-0.1, -0.05) is 46.0 Å². The largest absolute Gasteiger partial charge is 0.268 e. The van der Waals surface area contributed by atoms with Crippen LogP contribution in [0.3, 0.4) is 0 Å². The van der Waals surface area contributed by atoms with Crippen LogP contribution >= 0.6 is 0 Å². The molecule has 5 heteroatoms. The molecule has 0 spiro atoms. The fourth-order valence-electron chi connectivity index (χ4n) is 3.33. The van der Waals surface area contributed by atoms with E-state index in [4.69, 9.17) is 0 Å². The van der Waals surface area contributed by atoms with Crippen molar-refractivity contribution in [2.75, 3.05) is 16.6 Å². The minimum Gasteiger partial charge on any atom is -0.268 e. The Labute approximate surface area is 147 Å². The number of sulfonamides is 1. The van der Waals surface area contributed by atoms with Gasteiger partial charge in [0.1, 0.15) is 0 Å². The van der Waals surface area contributed by atoms with Crippen molar-refractivity contribution in [1.82, 2.24) is 4.98 Å². The normalized spacial score (nSPS) is 17.5. The van der Waals surface area contributed by atoms with E-state index >= 15 is 0 Å². The minimum absolute atomic E-state index is 0.215. The molecular weight excluding hydrogens is 320 g/mol. The molecule has 1 aliphatic rings. The van der Waals surface area contributed by atoms with Crippen molar-refractivity contribution >= 4 is 15.7 Å². The third-order valence-electron chi connectivity index (χ3n) is 4.87. The van der Waals surface area contributed by atoms with Gasteiger partial charge in [0.15, 0.2) is 0 Å². The van der Waals surface area contributed by atoms with Crippen molar-refractivity contribution in [3.8, 4) is 0 Å². The lowest BCUT2D eigenvalue weighted by Gasteiger charge is -2.30. The second kappa shape index (κ2) is 9.40. The van der Waals surface area contributed by atoms with Crippen LogP contribution in [0.25, 0.3) is 0 Å². The maximum absolute atomic E-state index is 13.0. The van der Waals surface area contributed by atoms with E-state index in [1.807, 2.05) is 12.1 Å². The van der Waals surface area contributed by atoms with E-state index in [2.05, 4.69) is 18.8 Å². The molecule has 24 heavy (non-hydrogen) atoms. The first kappa shape index (κ1) is 19.2. The van der Waals surface area contributed by atoms with Gasteiger partial charge in [-0.05, 0) is 43.2 Å². The van der Waals surface area contributed by atoms with Crippen molar-refractivity contribution < 1.29 is 8.42 Å². The molecule has 1 heterocycles. The molecule has 1 aromatic rings. The Bertz CT molecular complexity index is 564. The van der Waals surface area contributed by atoms with E-state index < -0.39 is 10.0 Å². The molecule has 0 aromatic carbocycles. The summed E-state index contributed by atoms with van der Waals surface area (Å²) < 4.78 is 27.6. The van der Waals surface area contributed by atoms with E-state index in [0.717, 1.165) is 12.8 Å². The smallest absolute Gasteiger partial charge is 0.235 e. The maximum atomic E-state index is 13.0. The summed E-state index contributed by atoms with van der Waals surface area (Å²) >= 11 is 0. The molecule has 1 aromatic heterocycles. The summed E-state index contributed by atoms with van der Waals surface area (Å²) in [6, 6.07) is 3.68. The van der Waals surface area contributed by atoms with Crippen molar-refractivity contribution in [1.29, 1.82) is 0 Å². The van der Waals surface area contributed by atoms with E-state index in [9.17, 15) is 8.42 Å². The van der Waals surface area contributed by atoms with Crippen LogP contribution in [-0.2, 0) is 10.0 Å². The molecule has 1 fully saturated rings. The van der Waals surface area contributed by atoms with Crippen LogP contribution in [0.2, 0.25) is 0 Å². The molecule has 0 aliphatic heterocycles. The maximum Gasteiger partial charge on any atom is 0.235 e. The van der Waals surface area contributed by atoms with E-state index in [-0.39, 0.29) is 5.75 Å². The first-order valence-electron chi connectivity index (χ1n) is 9.39. The van der Waals surface area contributed by atoms with Crippen molar-refractivity contribution in [2.24, 2.45) is 11.8 Å². The molecule has 0 N–H and O–H groups in total. The number of hydrogen-bond acceptors (Lipinski definition) is 3. The summed E-state index contributed by atoms with van der Waals surface area (Å²) in [5, 5.41) is 0. The Kier molecular flexibility index (Phi) is 7.53. The number of pyridine rings is 1. The number of hydrogen-bond donors (Lipinski definition) is 0. The van der Waals surface area contributed by atoms with Gasteiger partial charge >= 0.3 is 0 Å². The van der Waals surface area contributed by atoms with E-state index in [0.29, 0.717) is 30.5 Å². The Morgan fingerprint density at radius 3 is 2.42 bits per heavy atom. The highest BCUT2D eigenvalue weighted by Gasteiger charge is 2.26. The average Bonchev–Trinajstić information content (AvgIpc) is 2.53. The van der Waals surface area contributed by atoms with Crippen LogP contribution < -0.4 is 4.31 Å². The fraction of sp³-hybridized carbons (Fsp3) is 0.737. The average molecular weight is 353 g/mol. The van der Waals surface area contributed by atoms with Crippen LogP contribution in [0, 0.1) is 11.8 Å². The highest BCUT2D eigenvalue weighted by atomic mass is 32.2. The standard InChI is InChI=1S/C19H32N2O2S/c1-17(2)12-14-24(22,23)21(19-11-8-13-20-15-19)16-18-9-6-4-3-5-7-10-18/h8,11,13,15,17-18H,3-7,9-10,12,14,16H2,1-2H3. The van der Waals surface area contributed by atoms with Crippen molar-refractivity contribution in [2.45, 2.75) is 65.2 Å². The molecule has 0 atom stereocenters.